The lowest BCUT2D eigenvalue weighted by molar-refractivity contribution is -0.562. The fourth-order valence-electron chi connectivity index (χ4n) is 8.54. The number of hydrogen-bond donors (Lipinski definition) is 1. The summed E-state index contributed by atoms with van der Waals surface area (Å²) >= 11 is 3.67. The molecule has 6 nitrogen and oxygen atoms in total. The molecule has 3 heterocycles. The third kappa shape index (κ3) is 0.658. The van der Waals surface area contributed by atoms with Crippen LogP contribution in [0.15, 0.2) is 9.59 Å². The van der Waals surface area contributed by atoms with E-state index in [4.69, 9.17) is 0 Å². The maximum Gasteiger partial charge on any atom is 0.347 e. The molecule has 2 spiro atoms. The monoisotopic (exact) mass is 365 g/mol. The van der Waals surface area contributed by atoms with Gasteiger partial charge in [-0.15, -0.1) is 0 Å². The van der Waals surface area contributed by atoms with Gasteiger partial charge in [-0.25, -0.2) is 23.5 Å². The average molecular weight is 366 g/mol. The number of alkyl halides is 1. The molecular formula is C15H16BrN3O3. The van der Waals surface area contributed by atoms with Gasteiger partial charge >= 0.3 is 11.4 Å². The van der Waals surface area contributed by atoms with Crippen molar-refractivity contribution in [1.29, 1.82) is 0 Å². The van der Waals surface area contributed by atoms with E-state index >= 15 is 0 Å². The largest absolute Gasteiger partial charge is 0.392 e. The summed E-state index contributed by atoms with van der Waals surface area (Å²) in [5, 5.41) is 10.4. The molecule has 116 valence electrons. The van der Waals surface area contributed by atoms with Gasteiger partial charge in [0.15, 0.2) is 0 Å². The van der Waals surface area contributed by atoms with Crippen molar-refractivity contribution in [3.8, 4) is 0 Å². The van der Waals surface area contributed by atoms with E-state index in [0.717, 1.165) is 18.8 Å². The Balaban J connectivity index is 1.58. The zero-order chi connectivity index (χ0) is 14.9. The first-order valence-electron chi connectivity index (χ1n) is 8.20. The van der Waals surface area contributed by atoms with E-state index in [9.17, 15) is 14.7 Å². The minimum atomic E-state index is -0.326. The van der Waals surface area contributed by atoms with Crippen LogP contribution in [-0.4, -0.2) is 30.0 Å². The Hall–Kier alpha value is -0.820. The molecule has 1 N–H and O–H groups in total. The second kappa shape index (κ2) is 2.73. The highest BCUT2D eigenvalue weighted by molar-refractivity contribution is 9.09. The molecule has 0 unspecified atom stereocenters. The maximum absolute atomic E-state index is 12.6. The van der Waals surface area contributed by atoms with Crippen LogP contribution in [-0.2, 0) is 7.05 Å². The molecule has 0 radical (unpaired) electrons. The Morgan fingerprint density at radius 1 is 1.05 bits per heavy atom. The molecule has 5 aliphatic carbocycles. The van der Waals surface area contributed by atoms with Gasteiger partial charge in [-0.05, 0) is 36.5 Å². The molecule has 7 heteroatoms. The minimum Gasteiger partial charge on any atom is -0.392 e. The van der Waals surface area contributed by atoms with Gasteiger partial charge in [-0.2, -0.15) is 0 Å². The highest BCUT2D eigenvalue weighted by Crippen LogP contribution is 3.04. The molecule has 10 atom stereocenters. The molecule has 5 saturated carbocycles. The van der Waals surface area contributed by atoms with Crippen LogP contribution in [0.25, 0.3) is 0 Å². The second-order valence-corrected chi connectivity index (χ2v) is 9.66. The summed E-state index contributed by atoms with van der Waals surface area (Å²) in [6.45, 7) is 0. The van der Waals surface area contributed by atoms with Crippen molar-refractivity contribution in [2.24, 2.45) is 41.5 Å². The number of hydrogen-bond acceptors (Lipinski definition) is 3. The molecule has 2 bridgehead atoms. The van der Waals surface area contributed by atoms with Crippen molar-refractivity contribution in [3.05, 3.63) is 21.0 Å². The first kappa shape index (κ1) is 11.7. The van der Waals surface area contributed by atoms with Crippen LogP contribution in [0.2, 0.25) is 0 Å². The number of rotatable bonds is 0. The van der Waals surface area contributed by atoms with Gasteiger partial charge in [0.25, 0.3) is 0 Å². The fraction of sp³-hybridized carbons (Fsp3) is 0.867. The third-order valence-corrected chi connectivity index (χ3v) is 9.66. The van der Waals surface area contributed by atoms with Gasteiger partial charge in [-0.3, -0.25) is 0 Å². The summed E-state index contributed by atoms with van der Waals surface area (Å²) < 4.78 is 4.85. The van der Waals surface area contributed by atoms with Gasteiger partial charge in [0.2, 0.25) is 0 Å². The third-order valence-electron chi connectivity index (χ3n) is 8.72. The van der Waals surface area contributed by atoms with Crippen molar-refractivity contribution in [2.75, 3.05) is 0 Å². The van der Waals surface area contributed by atoms with Crippen molar-refractivity contribution < 1.29 is 5.11 Å². The highest BCUT2D eigenvalue weighted by Gasteiger charge is 3.03. The molecule has 8 rings (SSSR count). The maximum atomic E-state index is 12.6. The number of halogens is 1. The van der Waals surface area contributed by atoms with Crippen LogP contribution >= 0.6 is 15.9 Å². The van der Waals surface area contributed by atoms with Crippen LogP contribution in [0, 0.1) is 34.5 Å². The van der Waals surface area contributed by atoms with Gasteiger partial charge in [0.05, 0.1) is 18.2 Å². The summed E-state index contributed by atoms with van der Waals surface area (Å²) in [4.78, 5) is 25.3. The normalized spacial score (nSPS) is 63.6. The summed E-state index contributed by atoms with van der Waals surface area (Å²) in [7, 11) is 1.59. The summed E-state index contributed by atoms with van der Waals surface area (Å²) in [6.07, 6.45) is 1.42. The molecule has 0 saturated heterocycles. The Morgan fingerprint density at radius 2 is 1.55 bits per heavy atom. The van der Waals surface area contributed by atoms with E-state index in [1.807, 2.05) is 0 Å². The lowest BCUT2D eigenvalue weighted by Crippen LogP contribution is -3.01. The first-order valence-corrected chi connectivity index (χ1v) is 9.12. The predicted molar refractivity (Wildman–Crippen MR) is 78.8 cm³/mol. The van der Waals surface area contributed by atoms with E-state index < -0.39 is 0 Å². The molecule has 0 amide bonds. The molecule has 0 aromatic carbocycles. The summed E-state index contributed by atoms with van der Waals surface area (Å²) in [5.41, 5.74) is -0.0336. The standard InChI is InChI=1S/C15H16BrN3O3/c1-17-12(21)18-10-6-7-9-8(6)14(10)2-4(16)5(20)3-15(9,14)11(7)19(18)13(17)22/h4-11,20H,2-3H2,1H3/t4-,5-,6+,7+,8-,9+,10-,11-,14+,15-/m1/s1. The minimum absolute atomic E-state index is 0.100. The average Bonchev–Trinajstić information content (AvgIpc) is 2.65. The number of aromatic nitrogens is 3. The topological polar surface area (TPSA) is 69.2 Å². The summed E-state index contributed by atoms with van der Waals surface area (Å²) in [6, 6.07) is 0.361. The van der Waals surface area contributed by atoms with Crippen molar-refractivity contribution in [3.63, 3.8) is 0 Å². The van der Waals surface area contributed by atoms with E-state index in [2.05, 4.69) is 15.9 Å². The van der Waals surface area contributed by atoms with Crippen LogP contribution in [0.3, 0.4) is 0 Å². The lowest BCUT2D eigenvalue weighted by atomic mass is 9.04. The number of nitrogens with zero attached hydrogens (tertiary/aromatic N) is 3. The Bertz CT molecular complexity index is 845. The fourth-order valence-corrected chi connectivity index (χ4v) is 9.26. The van der Waals surface area contributed by atoms with Gasteiger partial charge in [0, 0.05) is 22.7 Å². The lowest BCUT2D eigenvalue weighted by Gasteiger charge is -3.02. The Kier molecular flexibility index (Phi) is 1.45. The van der Waals surface area contributed by atoms with Crippen molar-refractivity contribution in [2.45, 2.75) is 35.9 Å². The molecule has 7 aliphatic rings. The van der Waals surface area contributed by atoms with E-state index in [1.165, 1.54) is 4.57 Å². The van der Waals surface area contributed by atoms with Crippen molar-refractivity contribution in [1.82, 2.24) is 13.9 Å². The van der Waals surface area contributed by atoms with E-state index in [0.29, 0.717) is 17.8 Å². The highest BCUT2D eigenvalue weighted by atomic mass is 79.9. The van der Waals surface area contributed by atoms with Gasteiger partial charge in [-0.1, -0.05) is 15.9 Å². The second-order valence-electron chi connectivity index (χ2n) is 8.48. The molecule has 5 fully saturated rings. The molecule has 1 aromatic heterocycles. The Labute approximate surface area is 133 Å². The Morgan fingerprint density at radius 3 is 2.09 bits per heavy atom. The quantitative estimate of drug-likeness (QED) is 0.650. The molecule has 1 aromatic rings. The zero-order valence-corrected chi connectivity index (χ0v) is 13.6. The number of aliphatic hydroxyl groups excluding tert-OH is 1. The van der Waals surface area contributed by atoms with Crippen LogP contribution < -0.4 is 11.4 Å². The van der Waals surface area contributed by atoms with Crippen molar-refractivity contribution >= 4 is 15.9 Å². The predicted octanol–water partition coefficient (Wildman–Crippen LogP) is -0.146. The van der Waals surface area contributed by atoms with E-state index in [-0.39, 0.29) is 45.2 Å². The first-order chi connectivity index (χ1) is 10.5. The number of aliphatic hydroxyl groups is 1. The van der Waals surface area contributed by atoms with Gasteiger partial charge in [0.1, 0.15) is 0 Å². The molecule has 22 heavy (non-hydrogen) atoms. The van der Waals surface area contributed by atoms with Gasteiger partial charge < -0.3 is 5.11 Å². The van der Waals surface area contributed by atoms with Crippen LogP contribution in [0.4, 0.5) is 0 Å². The van der Waals surface area contributed by atoms with Crippen LogP contribution in [0.5, 0.6) is 0 Å². The zero-order valence-electron chi connectivity index (χ0n) is 12.0. The molecule has 2 aliphatic heterocycles. The summed E-state index contributed by atoms with van der Waals surface area (Å²) in [5.74, 6) is 2.67. The smallest absolute Gasteiger partial charge is 0.347 e. The SMILES string of the molecule is Cn1c(=O)n2n(c1=O)[C@@H]1[C@H]3[C@H]4[C@@H]5[C@H]3[C@]13C[C@@H](O)[C@H](Br)C[C@@]53[C@@H]42. The molecular weight excluding hydrogens is 350 g/mol. The van der Waals surface area contributed by atoms with E-state index in [1.54, 1.807) is 16.4 Å². The van der Waals surface area contributed by atoms with Crippen LogP contribution in [0.1, 0.15) is 24.9 Å².